The average Bonchev–Trinajstić information content (AvgIpc) is 2.45. The Hall–Kier alpha value is -1.41. The van der Waals surface area contributed by atoms with Gasteiger partial charge in [0.2, 0.25) is 0 Å². The normalized spacial score (nSPS) is 21.6. The Kier molecular flexibility index (Phi) is 3.75. The lowest BCUT2D eigenvalue weighted by atomic mass is 9.82. The summed E-state index contributed by atoms with van der Waals surface area (Å²) in [6.07, 6.45) is 4.81. The van der Waals surface area contributed by atoms with Gasteiger partial charge in [-0.15, -0.1) is 11.6 Å². The summed E-state index contributed by atoms with van der Waals surface area (Å²) >= 11 is 6.65. The minimum Gasteiger partial charge on any atom is -0.261 e. The number of alkyl halides is 1. The summed E-state index contributed by atoms with van der Waals surface area (Å²) in [7, 11) is 0. The van der Waals surface area contributed by atoms with Gasteiger partial charge in [0.1, 0.15) is 5.82 Å². The molecule has 1 aliphatic rings. The zero-order valence-corrected chi connectivity index (χ0v) is 12.2. The molecule has 2 aromatic rings. The summed E-state index contributed by atoms with van der Waals surface area (Å²) < 4.78 is 12.9. The van der Waals surface area contributed by atoms with Crippen molar-refractivity contribution in [2.45, 2.75) is 31.6 Å². The fourth-order valence-corrected chi connectivity index (χ4v) is 3.32. The van der Waals surface area contributed by atoms with Gasteiger partial charge in [0.25, 0.3) is 0 Å². The van der Waals surface area contributed by atoms with Crippen molar-refractivity contribution in [3.05, 3.63) is 64.7 Å². The van der Waals surface area contributed by atoms with Gasteiger partial charge in [0.15, 0.2) is 0 Å². The van der Waals surface area contributed by atoms with Crippen molar-refractivity contribution in [3.8, 4) is 0 Å². The summed E-state index contributed by atoms with van der Waals surface area (Å²) in [4.78, 5) is 4.49. The summed E-state index contributed by atoms with van der Waals surface area (Å²) in [6.45, 7) is 2.04. The number of aryl methyl sites for hydroxylation is 2. The summed E-state index contributed by atoms with van der Waals surface area (Å²) in [5, 5.41) is -0.00352. The second-order valence-electron chi connectivity index (χ2n) is 5.58. The number of fused-ring (bicyclic) bond motifs is 1. The van der Waals surface area contributed by atoms with Gasteiger partial charge in [0, 0.05) is 11.9 Å². The van der Waals surface area contributed by atoms with Crippen LogP contribution in [0.3, 0.4) is 0 Å². The van der Waals surface area contributed by atoms with E-state index in [4.69, 9.17) is 11.6 Å². The highest BCUT2D eigenvalue weighted by Crippen LogP contribution is 2.40. The molecule has 0 fully saturated rings. The first kappa shape index (κ1) is 13.6. The molecule has 1 aromatic heterocycles. The Morgan fingerprint density at radius 1 is 1.30 bits per heavy atom. The van der Waals surface area contributed by atoms with Crippen LogP contribution in [0.2, 0.25) is 0 Å². The number of hydrogen-bond donors (Lipinski definition) is 0. The number of pyridine rings is 1. The van der Waals surface area contributed by atoms with Crippen LogP contribution in [-0.2, 0) is 12.8 Å². The van der Waals surface area contributed by atoms with Crippen molar-refractivity contribution in [3.63, 3.8) is 0 Å². The maximum atomic E-state index is 12.9. The Balaban J connectivity index is 1.81. The van der Waals surface area contributed by atoms with Crippen LogP contribution in [0.4, 0.5) is 4.39 Å². The van der Waals surface area contributed by atoms with Crippen LogP contribution in [-0.4, -0.2) is 4.98 Å². The Bertz CT molecular complexity index is 609. The minimum absolute atomic E-state index is 0.00352. The van der Waals surface area contributed by atoms with Gasteiger partial charge in [-0.25, -0.2) is 4.39 Å². The largest absolute Gasteiger partial charge is 0.261 e. The second-order valence-corrected chi connectivity index (χ2v) is 6.05. The molecule has 1 aromatic carbocycles. The lowest BCUT2D eigenvalue weighted by Crippen LogP contribution is -2.20. The number of aromatic nitrogens is 1. The van der Waals surface area contributed by atoms with E-state index in [9.17, 15) is 4.39 Å². The highest BCUT2D eigenvalue weighted by atomic mass is 35.5. The number of hydrogen-bond acceptors (Lipinski definition) is 1. The zero-order chi connectivity index (χ0) is 14.1. The van der Waals surface area contributed by atoms with Gasteiger partial charge in [-0.1, -0.05) is 18.2 Å². The number of halogens is 2. The quantitative estimate of drug-likeness (QED) is 0.736. The Labute approximate surface area is 123 Å². The first-order chi connectivity index (χ1) is 9.63. The summed E-state index contributed by atoms with van der Waals surface area (Å²) in [5.74, 6) is 0.197. The second kappa shape index (κ2) is 5.53. The molecule has 0 spiro atoms. The smallest absolute Gasteiger partial charge is 0.123 e. The third-order valence-electron chi connectivity index (χ3n) is 4.01. The summed E-state index contributed by atoms with van der Waals surface area (Å²) in [6, 6.07) is 8.88. The molecule has 0 N–H and O–H groups in total. The predicted molar refractivity (Wildman–Crippen MR) is 79.5 cm³/mol. The SMILES string of the molecule is Cc1cnc2c(c1)C(Cl)C(Cc1ccc(F)cc1)CC2. The molecule has 1 nitrogen and oxygen atoms in total. The molecule has 20 heavy (non-hydrogen) atoms. The van der Waals surface area contributed by atoms with E-state index in [0.717, 1.165) is 36.1 Å². The van der Waals surface area contributed by atoms with Crippen molar-refractivity contribution in [1.29, 1.82) is 0 Å². The lowest BCUT2D eigenvalue weighted by Gasteiger charge is -2.29. The highest BCUT2D eigenvalue weighted by molar-refractivity contribution is 6.21. The van der Waals surface area contributed by atoms with E-state index in [1.165, 1.54) is 17.7 Å². The molecule has 1 heterocycles. The van der Waals surface area contributed by atoms with Gasteiger partial charge in [0.05, 0.1) is 5.38 Å². The van der Waals surface area contributed by atoms with Crippen LogP contribution in [0.15, 0.2) is 36.5 Å². The molecule has 0 saturated heterocycles. The maximum absolute atomic E-state index is 12.9. The molecule has 0 amide bonds. The van der Waals surface area contributed by atoms with E-state index in [0.29, 0.717) is 5.92 Å². The van der Waals surface area contributed by atoms with Crippen molar-refractivity contribution in [1.82, 2.24) is 4.98 Å². The molecule has 0 saturated carbocycles. The average molecular weight is 290 g/mol. The van der Waals surface area contributed by atoms with E-state index in [1.54, 1.807) is 0 Å². The molecular weight excluding hydrogens is 273 g/mol. The molecule has 2 unspecified atom stereocenters. The van der Waals surface area contributed by atoms with Crippen LogP contribution >= 0.6 is 11.6 Å². The first-order valence-electron chi connectivity index (χ1n) is 6.97. The lowest BCUT2D eigenvalue weighted by molar-refractivity contribution is 0.436. The molecule has 3 rings (SSSR count). The predicted octanol–water partition coefficient (Wildman–Crippen LogP) is 4.61. The van der Waals surface area contributed by atoms with E-state index in [1.807, 2.05) is 25.3 Å². The van der Waals surface area contributed by atoms with Crippen LogP contribution in [0.25, 0.3) is 0 Å². The molecule has 1 aliphatic carbocycles. The third-order valence-corrected chi connectivity index (χ3v) is 4.61. The standard InChI is InChI=1S/C17H17ClFN/c1-11-8-15-16(20-10-11)7-4-13(17(15)18)9-12-2-5-14(19)6-3-12/h2-3,5-6,8,10,13,17H,4,7,9H2,1H3. The van der Waals surface area contributed by atoms with Gasteiger partial charge in [-0.05, 0) is 60.9 Å². The number of rotatable bonds is 2. The fraction of sp³-hybridized carbons (Fsp3) is 0.353. The summed E-state index contributed by atoms with van der Waals surface area (Å²) in [5.41, 5.74) is 4.60. The van der Waals surface area contributed by atoms with Crippen LogP contribution < -0.4 is 0 Å². The molecule has 104 valence electrons. The molecule has 0 radical (unpaired) electrons. The fourth-order valence-electron chi connectivity index (χ4n) is 2.92. The van der Waals surface area contributed by atoms with Crippen molar-refractivity contribution in [2.24, 2.45) is 5.92 Å². The molecule has 2 atom stereocenters. The topological polar surface area (TPSA) is 12.9 Å². The van der Waals surface area contributed by atoms with E-state index >= 15 is 0 Å². The van der Waals surface area contributed by atoms with Crippen LogP contribution in [0.5, 0.6) is 0 Å². The molecule has 0 aliphatic heterocycles. The van der Waals surface area contributed by atoms with Crippen LogP contribution in [0, 0.1) is 18.7 Å². The number of nitrogens with zero attached hydrogens (tertiary/aromatic N) is 1. The van der Waals surface area contributed by atoms with Crippen molar-refractivity contribution >= 4 is 11.6 Å². The maximum Gasteiger partial charge on any atom is 0.123 e. The Morgan fingerprint density at radius 3 is 2.80 bits per heavy atom. The van der Waals surface area contributed by atoms with Crippen molar-refractivity contribution < 1.29 is 4.39 Å². The molecule has 3 heteroatoms. The van der Waals surface area contributed by atoms with Crippen LogP contribution in [0.1, 0.15) is 34.2 Å². The van der Waals surface area contributed by atoms with Gasteiger partial charge >= 0.3 is 0 Å². The Morgan fingerprint density at radius 2 is 2.05 bits per heavy atom. The molecule has 0 bridgehead atoms. The third kappa shape index (κ3) is 2.71. The van der Waals surface area contributed by atoms with Gasteiger partial charge in [-0.2, -0.15) is 0 Å². The highest BCUT2D eigenvalue weighted by Gasteiger charge is 2.28. The minimum atomic E-state index is -0.190. The van der Waals surface area contributed by atoms with E-state index < -0.39 is 0 Å². The van der Waals surface area contributed by atoms with E-state index in [2.05, 4.69) is 11.1 Å². The monoisotopic (exact) mass is 289 g/mol. The van der Waals surface area contributed by atoms with Gasteiger partial charge in [-0.3, -0.25) is 4.98 Å². The first-order valence-corrected chi connectivity index (χ1v) is 7.41. The zero-order valence-electron chi connectivity index (χ0n) is 11.4. The van der Waals surface area contributed by atoms with Gasteiger partial charge < -0.3 is 0 Å². The number of benzene rings is 1. The van der Waals surface area contributed by atoms with E-state index in [-0.39, 0.29) is 11.2 Å². The molecular formula is C17H17ClFN. The van der Waals surface area contributed by atoms with Crippen molar-refractivity contribution in [2.75, 3.05) is 0 Å².